The number of fused-ring (bicyclic) bond motifs is 1. The molecule has 142 valence electrons. The Morgan fingerprint density at radius 1 is 1.37 bits per heavy atom. The first-order chi connectivity index (χ1) is 13.1. The zero-order valence-corrected chi connectivity index (χ0v) is 17.0. The molecule has 0 amide bonds. The number of hydrogen-bond donors (Lipinski definition) is 2. The van der Waals surface area contributed by atoms with Crippen LogP contribution in [-0.2, 0) is 0 Å². The van der Waals surface area contributed by atoms with E-state index in [-0.39, 0.29) is 6.10 Å². The molecular formula is C21H23ClN2O2S. The zero-order chi connectivity index (χ0) is 19.0. The van der Waals surface area contributed by atoms with Gasteiger partial charge in [0.25, 0.3) is 0 Å². The van der Waals surface area contributed by atoms with Crippen molar-refractivity contribution in [3.8, 4) is 16.9 Å². The van der Waals surface area contributed by atoms with E-state index in [1.807, 2.05) is 44.3 Å². The van der Waals surface area contributed by atoms with Crippen molar-refractivity contribution in [2.75, 3.05) is 13.1 Å². The van der Waals surface area contributed by atoms with E-state index in [0.717, 1.165) is 57.0 Å². The van der Waals surface area contributed by atoms with Crippen LogP contribution in [-0.4, -0.2) is 29.3 Å². The van der Waals surface area contributed by atoms with E-state index in [4.69, 9.17) is 16.3 Å². The van der Waals surface area contributed by atoms with Crippen LogP contribution in [0.1, 0.15) is 36.3 Å². The van der Waals surface area contributed by atoms with Gasteiger partial charge in [-0.2, -0.15) is 0 Å². The third-order valence-electron chi connectivity index (χ3n) is 4.98. The van der Waals surface area contributed by atoms with Crippen molar-refractivity contribution in [1.82, 2.24) is 10.3 Å². The number of pyridine rings is 1. The lowest BCUT2D eigenvalue weighted by molar-refractivity contribution is 0.177. The summed E-state index contributed by atoms with van der Waals surface area (Å²) < 4.78 is 7.44. The predicted octanol–water partition coefficient (Wildman–Crippen LogP) is 5.11. The fraction of sp³-hybridized carbons (Fsp3) is 0.381. The first kappa shape index (κ1) is 18.7. The number of aryl methyl sites for hydroxylation is 1. The SMILES string of the molecule is CCC(O)c1cc2nccc(-c3cc(Cl)cc(C)c3O[C@H]3CCNC3)c2s1. The molecule has 1 saturated heterocycles. The van der Waals surface area contributed by atoms with Crippen molar-refractivity contribution >= 4 is 33.2 Å². The minimum atomic E-state index is -0.460. The molecule has 3 aromatic rings. The zero-order valence-electron chi connectivity index (χ0n) is 15.5. The van der Waals surface area contributed by atoms with E-state index in [2.05, 4.69) is 10.3 Å². The van der Waals surface area contributed by atoms with Gasteiger partial charge in [0, 0.05) is 33.8 Å². The molecule has 1 aliphatic rings. The fourth-order valence-electron chi connectivity index (χ4n) is 3.52. The highest BCUT2D eigenvalue weighted by molar-refractivity contribution is 7.19. The standard InChI is InChI=1S/C21H23ClN2O2S/c1-3-18(25)19-10-17-21(27-19)15(5-7-24-17)16-9-13(22)8-12(2)20(16)26-14-4-6-23-11-14/h5,7-10,14,18,23,25H,3-4,6,11H2,1-2H3/t14-,18?/m0/s1. The number of ether oxygens (including phenoxy) is 1. The van der Waals surface area contributed by atoms with Gasteiger partial charge in [0.15, 0.2) is 0 Å². The molecule has 2 aromatic heterocycles. The molecule has 0 saturated carbocycles. The van der Waals surface area contributed by atoms with E-state index < -0.39 is 6.10 Å². The van der Waals surface area contributed by atoms with Crippen molar-refractivity contribution in [3.63, 3.8) is 0 Å². The molecule has 1 unspecified atom stereocenters. The van der Waals surface area contributed by atoms with E-state index in [0.29, 0.717) is 11.4 Å². The third kappa shape index (κ3) is 3.69. The average molecular weight is 403 g/mol. The first-order valence-corrected chi connectivity index (χ1v) is 10.5. The van der Waals surface area contributed by atoms with Gasteiger partial charge in [0.05, 0.1) is 16.3 Å². The molecule has 0 spiro atoms. The lowest BCUT2D eigenvalue weighted by Crippen LogP contribution is -2.20. The number of nitrogens with zero attached hydrogens (tertiary/aromatic N) is 1. The van der Waals surface area contributed by atoms with Crippen LogP contribution in [0.5, 0.6) is 5.75 Å². The summed E-state index contributed by atoms with van der Waals surface area (Å²) in [7, 11) is 0. The molecule has 2 atom stereocenters. The lowest BCUT2D eigenvalue weighted by Gasteiger charge is -2.19. The molecule has 0 bridgehead atoms. The topological polar surface area (TPSA) is 54.4 Å². The molecule has 1 fully saturated rings. The summed E-state index contributed by atoms with van der Waals surface area (Å²) in [5.74, 6) is 0.881. The minimum Gasteiger partial charge on any atom is -0.488 e. The molecule has 3 heterocycles. The van der Waals surface area contributed by atoms with Crippen LogP contribution in [0.2, 0.25) is 5.02 Å². The Morgan fingerprint density at radius 3 is 2.96 bits per heavy atom. The Morgan fingerprint density at radius 2 is 2.22 bits per heavy atom. The molecule has 4 nitrogen and oxygen atoms in total. The summed E-state index contributed by atoms with van der Waals surface area (Å²) in [4.78, 5) is 5.44. The molecule has 0 radical (unpaired) electrons. The van der Waals surface area contributed by atoms with Crippen molar-refractivity contribution in [3.05, 3.63) is 45.9 Å². The second-order valence-corrected chi connectivity index (χ2v) is 8.50. The van der Waals surface area contributed by atoms with Gasteiger partial charge in [-0.15, -0.1) is 11.3 Å². The number of nitrogens with one attached hydrogen (secondary N) is 1. The van der Waals surface area contributed by atoms with Gasteiger partial charge in [-0.25, -0.2) is 0 Å². The smallest absolute Gasteiger partial charge is 0.130 e. The second-order valence-electron chi connectivity index (χ2n) is 6.98. The number of thiophene rings is 1. The second kappa shape index (κ2) is 7.76. The van der Waals surface area contributed by atoms with Crippen LogP contribution in [0.15, 0.2) is 30.5 Å². The third-order valence-corrected chi connectivity index (χ3v) is 6.45. The normalized spacial score (nSPS) is 18.1. The molecule has 0 aliphatic carbocycles. The van der Waals surface area contributed by atoms with Crippen LogP contribution in [0.3, 0.4) is 0 Å². The average Bonchev–Trinajstić information content (AvgIpc) is 3.32. The predicted molar refractivity (Wildman–Crippen MR) is 112 cm³/mol. The highest BCUT2D eigenvalue weighted by Crippen LogP contribution is 2.42. The van der Waals surface area contributed by atoms with E-state index in [9.17, 15) is 5.11 Å². The molecule has 6 heteroatoms. The lowest BCUT2D eigenvalue weighted by atomic mass is 10.0. The first-order valence-electron chi connectivity index (χ1n) is 9.31. The van der Waals surface area contributed by atoms with Gasteiger partial charge in [0.1, 0.15) is 11.9 Å². The number of halogens is 1. The number of benzene rings is 1. The van der Waals surface area contributed by atoms with Gasteiger partial charge in [-0.3, -0.25) is 4.98 Å². The van der Waals surface area contributed by atoms with Gasteiger partial charge < -0.3 is 15.2 Å². The Labute approximate surface area is 168 Å². The highest BCUT2D eigenvalue weighted by atomic mass is 35.5. The summed E-state index contributed by atoms with van der Waals surface area (Å²) in [6, 6.07) is 7.90. The Kier molecular flexibility index (Phi) is 5.37. The maximum absolute atomic E-state index is 10.3. The van der Waals surface area contributed by atoms with Crippen LogP contribution in [0.25, 0.3) is 21.3 Å². The summed E-state index contributed by atoms with van der Waals surface area (Å²) in [5.41, 5.74) is 3.95. The maximum Gasteiger partial charge on any atom is 0.130 e. The summed E-state index contributed by atoms with van der Waals surface area (Å²) in [6.45, 7) is 5.85. The van der Waals surface area contributed by atoms with Crippen molar-refractivity contribution in [2.24, 2.45) is 0 Å². The van der Waals surface area contributed by atoms with Gasteiger partial charge in [-0.1, -0.05) is 18.5 Å². The summed E-state index contributed by atoms with van der Waals surface area (Å²) >= 11 is 7.99. The van der Waals surface area contributed by atoms with Crippen LogP contribution in [0, 0.1) is 6.92 Å². The largest absolute Gasteiger partial charge is 0.488 e. The molecule has 27 heavy (non-hydrogen) atoms. The fourth-order valence-corrected chi connectivity index (χ4v) is 5.00. The number of hydrogen-bond acceptors (Lipinski definition) is 5. The molecule has 1 aliphatic heterocycles. The van der Waals surface area contributed by atoms with Gasteiger partial charge >= 0.3 is 0 Å². The quantitative estimate of drug-likeness (QED) is 0.622. The van der Waals surface area contributed by atoms with E-state index in [1.165, 1.54) is 0 Å². The summed E-state index contributed by atoms with van der Waals surface area (Å²) in [5, 5.41) is 14.3. The molecular weight excluding hydrogens is 380 g/mol. The van der Waals surface area contributed by atoms with Crippen molar-refractivity contribution < 1.29 is 9.84 Å². The maximum atomic E-state index is 10.3. The van der Waals surface area contributed by atoms with Crippen molar-refractivity contribution in [1.29, 1.82) is 0 Å². The number of aliphatic hydroxyl groups excluding tert-OH is 1. The minimum absolute atomic E-state index is 0.168. The van der Waals surface area contributed by atoms with Gasteiger partial charge in [0.2, 0.25) is 0 Å². The van der Waals surface area contributed by atoms with Gasteiger partial charge in [-0.05, 0) is 56.1 Å². The number of rotatable bonds is 5. The number of aliphatic hydroxyl groups is 1. The highest BCUT2D eigenvalue weighted by Gasteiger charge is 2.22. The van der Waals surface area contributed by atoms with E-state index >= 15 is 0 Å². The Hall–Kier alpha value is -1.66. The molecule has 4 rings (SSSR count). The monoisotopic (exact) mass is 402 g/mol. The van der Waals surface area contributed by atoms with E-state index in [1.54, 1.807) is 11.3 Å². The number of aromatic nitrogens is 1. The van der Waals surface area contributed by atoms with Crippen LogP contribution < -0.4 is 10.1 Å². The van der Waals surface area contributed by atoms with Crippen LogP contribution >= 0.6 is 22.9 Å². The molecule has 2 N–H and O–H groups in total. The van der Waals surface area contributed by atoms with Crippen molar-refractivity contribution in [2.45, 2.75) is 38.9 Å². The Bertz CT molecular complexity index is 966. The molecule has 1 aromatic carbocycles. The van der Waals surface area contributed by atoms with Crippen LogP contribution in [0.4, 0.5) is 0 Å². The Balaban J connectivity index is 1.86. The summed E-state index contributed by atoms with van der Waals surface area (Å²) in [6.07, 6.45) is 3.20.